The van der Waals surface area contributed by atoms with Crippen LogP contribution in [0.25, 0.3) is 10.9 Å². The van der Waals surface area contributed by atoms with Crippen LogP contribution in [0.15, 0.2) is 70.9 Å². The summed E-state index contributed by atoms with van der Waals surface area (Å²) in [6, 6.07) is 18.8. The second-order valence-electron chi connectivity index (χ2n) is 7.76. The van der Waals surface area contributed by atoms with E-state index in [1.54, 1.807) is 11.4 Å². The van der Waals surface area contributed by atoms with Crippen LogP contribution in [0.4, 0.5) is 5.69 Å². The minimum absolute atomic E-state index is 0.0451. The van der Waals surface area contributed by atoms with E-state index < -0.39 is 15.9 Å². The molecule has 0 fully saturated rings. The number of nitrogens with one attached hydrogen (secondary N) is 1. The van der Waals surface area contributed by atoms with Gasteiger partial charge in [0.1, 0.15) is 9.77 Å². The second kappa shape index (κ2) is 8.12. The van der Waals surface area contributed by atoms with Crippen LogP contribution >= 0.6 is 11.3 Å². The highest BCUT2D eigenvalue weighted by Gasteiger charge is 2.32. The van der Waals surface area contributed by atoms with Crippen molar-refractivity contribution in [2.75, 3.05) is 11.9 Å². The third-order valence-electron chi connectivity index (χ3n) is 5.66. The molecule has 2 aromatic heterocycles. The molecule has 4 aromatic rings. The van der Waals surface area contributed by atoms with Crippen LogP contribution in [0.3, 0.4) is 0 Å². The van der Waals surface area contributed by atoms with Crippen LogP contribution in [0, 0.1) is 6.92 Å². The van der Waals surface area contributed by atoms with Crippen molar-refractivity contribution < 1.29 is 13.2 Å². The summed E-state index contributed by atoms with van der Waals surface area (Å²) in [4.78, 5) is 17.9. The van der Waals surface area contributed by atoms with Crippen molar-refractivity contribution >= 4 is 43.9 Å². The van der Waals surface area contributed by atoms with E-state index in [0.29, 0.717) is 30.7 Å². The molecule has 32 heavy (non-hydrogen) atoms. The fourth-order valence-electron chi connectivity index (χ4n) is 4.00. The minimum atomic E-state index is -3.81. The van der Waals surface area contributed by atoms with Gasteiger partial charge in [-0.2, -0.15) is 4.31 Å². The number of thiophene rings is 1. The Labute approximate surface area is 190 Å². The largest absolute Gasteiger partial charge is 0.319 e. The number of fused-ring (bicyclic) bond motifs is 2. The molecule has 0 atom stereocenters. The van der Waals surface area contributed by atoms with Crippen molar-refractivity contribution in [3.63, 3.8) is 0 Å². The zero-order chi connectivity index (χ0) is 22.3. The predicted octanol–water partition coefficient (Wildman–Crippen LogP) is 4.60. The molecule has 0 saturated heterocycles. The summed E-state index contributed by atoms with van der Waals surface area (Å²) < 4.78 is 28.3. The van der Waals surface area contributed by atoms with Crippen molar-refractivity contribution in [1.82, 2.24) is 9.29 Å². The normalized spacial score (nSPS) is 14.3. The first kappa shape index (κ1) is 20.8. The Bertz CT molecular complexity index is 1440. The van der Waals surface area contributed by atoms with Gasteiger partial charge in [0.25, 0.3) is 5.91 Å². The number of pyridine rings is 1. The van der Waals surface area contributed by atoms with Crippen molar-refractivity contribution in [3.05, 3.63) is 87.7 Å². The van der Waals surface area contributed by atoms with Crippen LogP contribution < -0.4 is 5.32 Å². The molecule has 6 nitrogen and oxygen atoms in total. The van der Waals surface area contributed by atoms with Gasteiger partial charge in [0.05, 0.1) is 11.2 Å². The number of rotatable bonds is 4. The van der Waals surface area contributed by atoms with E-state index >= 15 is 0 Å². The predicted molar refractivity (Wildman–Crippen MR) is 126 cm³/mol. The molecule has 0 saturated carbocycles. The Kier molecular flexibility index (Phi) is 5.28. The third-order valence-corrected chi connectivity index (χ3v) is 8.59. The molecule has 0 unspecified atom stereocenters. The topological polar surface area (TPSA) is 79.4 Å². The molecule has 1 amide bonds. The maximum Gasteiger partial charge on any atom is 0.267 e. The van der Waals surface area contributed by atoms with Gasteiger partial charge < -0.3 is 5.32 Å². The fourth-order valence-corrected chi connectivity index (χ4v) is 6.72. The van der Waals surface area contributed by atoms with Gasteiger partial charge in [0.15, 0.2) is 0 Å². The average molecular weight is 464 g/mol. The lowest BCUT2D eigenvalue weighted by molar-refractivity contribution is 0.102. The Balaban J connectivity index is 1.45. The van der Waals surface area contributed by atoms with Crippen LogP contribution in [0.5, 0.6) is 0 Å². The highest BCUT2D eigenvalue weighted by molar-refractivity contribution is 7.89. The number of amides is 1. The molecule has 162 valence electrons. The molecule has 1 aliphatic rings. The lowest BCUT2D eigenvalue weighted by Crippen LogP contribution is -2.36. The summed E-state index contributed by atoms with van der Waals surface area (Å²) in [7, 11) is -3.81. The SMILES string of the molecule is Cc1ccc2cccc(NC(=O)c3sccc3S(=O)(=O)N3CCc4ccccc4C3)c2n1. The molecular weight excluding hydrogens is 442 g/mol. The monoisotopic (exact) mass is 463 g/mol. The van der Waals surface area contributed by atoms with Gasteiger partial charge >= 0.3 is 0 Å². The smallest absolute Gasteiger partial charge is 0.267 e. The number of hydrogen-bond acceptors (Lipinski definition) is 5. The summed E-state index contributed by atoms with van der Waals surface area (Å²) in [5.74, 6) is -0.452. The quantitative estimate of drug-likeness (QED) is 0.480. The van der Waals surface area contributed by atoms with E-state index in [0.717, 1.165) is 28.0 Å². The molecule has 3 heterocycles. The molecule has 8 heteroatoms. The van der Waals surface area contributed by atoms with Crippen LogP contribution in [0.2, 0.25) is 0 Å². The highest BCUT2D eigenvalue weighted by atomic mass is 32.2. The molecule has 0 spiro atoms. The third kappa shape index (κ3) is 3.70. The number of para-hydroxylation sites is 1. The fraction of sp³-hybridized carbons (Fsp3) is 0.167. The Morgan fingerprint density at radius 2 is 1.84 bits per heavy atom. The van der Waals surface area contributed by atoms with Crippen molar-refractivity contribution in [3.8, 4) is 0 Å². The second-order valence-corrected chi connectivity index (χ2v) is 10.6. The first-order valence-electron chi connectivity index (χ1n) is 10.3. The number of carbonyl (C=O) groups excluding carboxylic acids is 1. The standard InChI is InChI=1S/C24H21N3O3S2/c1-16-9-10-18-7-4-8-20(22(18)25-16)26-24(28)23-21(12-14-31-23)32(29,30)27-13-11-17-5-2-3-6-19(17)15-27/h2-10,12,14H,11,13,15H2,1H3,(H,26,28). The number of nitrogens with zero attached hydrogens (tertiary/aromatic N) is 2. The number of hydrogen-bond donors (Lipinski definition) is 1. The molecule has 5 rings (SSSR count). The number of sulfonamides is 1. The molecular formula is C24H21N3O3S2. The van der Waals surface area contributed by atoms with Gasteiger partial charge in [-0.05, 0) is 48.1 Å². The summed E-state index contributed by atoms with van der Waals surface area (Å²) in [5.41, 5.74) is 4.24. The highest BCUT2D eigenvalue weighted by Crippen LogP contribution is 2.30. The van der Waals surface area contributed by atoms with E-state index in [9.17, 15) is 13.2 Å². The molecule has 2 aromatic carbocycles. The van der Waals surface area contributed by atoms with Crippen LogP contribution in [-0.2, 0) is 23.0 Å². The first-order valence-corrected chi connectivity index (χ1v) is 12.6. The van der Waals surface area contributed by atoms with Crippen molar-refractivity contribution in [2.45, 2.75) is 24.8 Å². The van der Waals surface area contributed by atoms with Gasteiger partial charge in [-0.3, -0.25) is 9.78 Å². The number of anilines is 1. The summed E-state index contributed by atoms with van der Waals surface area (Å²) in [5, 5.41) is 5.42. The molecule has 0 radical (unpaired) electrons. The number of benzene rings is 2. The lowest BCUT2D eigenvalue weighted by Gasteiger charge is -2.28. The summed E-state index contributed by atoms with van der Waals surface area (Å²) in [6.07, 6.45) is 0.655. The zero-order valence-corrected chi connectivity index (χ0v) is 19.0. The Morgan fingerprint density at radius 1 is 1.03 bits per heavy atom. The van der Waals surface area contributed by atoms with Gasteiger partial charge in [-0.15, -0.1) is 11.3 Å². The zero-order valence-electron chi connectivity index (χ0n) is 17.4. The van der Waals surface area contributed by atoms with Gasteiger partial charge in [0, 0.05) is 24.2 Å². The van der Waals surface area contributed by atoms with Crippen molar-refractivity contribution in [2.24, 2.45) is 0 Å². The number of aryl methyl sites for hydroxylation is 1. The maximum atomic E-state index is 13.4. The summed E-state index contributed by atoms with van der Waals surface area (Å²) in [6.45, 7) is 2.59. The lowest BCUT2D eigenvalue weighted by atomic mass is 10.0. The van der Waals surface area contributed by atoms with E-state index in [2.05, 4.69) is 10.3 Å². The van der Waals surface area contributed by atoms with E-state index in [1.807, 2.05) is 55.5 Å². The van der Waals surface area contributed by atoms with Crippen LogP contribution in [-0.4, -0.2) is 30.2 Å². The Hall–Kier alpha value is -3.07. The molecule has 1 N–H and O–H groups in total. The minimum Gasteiger partial charge on any atom is -0.319 e. The number of aromatic nitrogens is 1. The van der Waals surface area contributed by atoms with Gasteiger partial charge in [-0.1, -0.05) is 42.5 Å². The van der Waals surface area contributed by atoms with Gasteiger partial charge in [-0.25, -0.2) is 8.42 Å². The first-order chi connectivity index (χ1) is 15.4. The molecule has 0 aliphatic carbocycles. The average Bonchev–Trinajstić information content (AvgIpc) is 3.30. The van der Waals surface area contributed by atoms with Gasteiger partial charge in [0.2, 0.25) is 10.0 Å². The molecule has 0 bridgehead atoms. The van der Waals surface area contributed by atoms with E-state index in [-0.39, 0.29) is 9.77 Å². The van der Waals surface area contributed by atoms with Crippen molar-refractivity contribution in [1.29, 1.82) is 0 Å². The maximum absolute atomic E-state index is 13.4. The summed E-state index contributed by atoms with van der Waals surface area (Å²) >= 11 is 1.12. The Morgan fingerprint density at radius 3 is 2.69 bits per heavy atom. The molecule has 1 aliphatic heterocycles. The van der Waals surface area contributed by atoms with Crippen LogP contribution in [0.1, 0.15) is 26.5 Å². The number of carbonyl (C=O) groups is 1. The van der Waals surface area contributed by atoms with E-state index in [1.165, 1.54) is 15.9 Å². The van der Waals surface area contributed by atoms with E-state index in [4.69, 9.17) is 0 Å².